The molecular weight excluding hydrogens is 248 g/mol. The molecule has 0 aliphatic rings. The average Bonchev–Trinajstić information content (AvgIpc) is 2.29. The van der Waals surface area contributed by atoms with Gasteiger partial charge in [0.15, 0.2) is 0 Å². The van der Waals surface area contributed by atoms with Crippen LogP contribution in [0, 0.1) is 0 Å². The molecule has 1 rings (SSSR count). The van der Waals surface area contributed by atoms with Crippen LogP contribution in [-0.4, -0.2) is 14.3 Å². The lowest BCUT2D eigenvalue weighted by Gasteiger charge is -1.98. The molecule has 10 heteroatoms. The summed E-state index contributed by atoms with van der Waals surface area (Å²) in [6.45, 7) is 0. The molecule has 1 aromatic rings. The standard InChI is InChI=1S/C7H4N6O3S/c8-11-10-7(14)5-1-3-6(4-2-5)17(15,16)13-12-9/h1-4H. The van der Waals surface area contributed by atoms with Crippen molar-refractivity contribution in [2.24, 2.45) is 9.63 Å². The lowest BCUT2D eigenvalue weighted by atomic mass is 10.2. The molecule has 0 aliphatic heterocycles. The van der Waals surface area contributed by atoms with Gasteiger partial charge in [0, 0.05) is 19.9 Å². The number of carbonyl (C=O) groups excluding carboxylic acids is 1. The van der Waals surface area contributed by atoms with Gasteiger partial charge in [0.1, 0.15) is 0 Å². The van der Waals surface area contributed by atoms with Crippen molar-refractivity contribution in [3.63, 3.8) is 0 Å². The van der Waals surface area contributed by atoms with Crippen LogP contribution < -0.4 is 0 Å². The van der Waals surface area contributed by atoms with Crippen LogP contribution in [0.25, 0.3) is 20.9 Å². The van der Waals surface area contributed by atoms with Crippen molar-refractivity contribution in [2.75, 3.05) is 0 Å². The van der Waals surface area contributed by atoms with E-state index in [-0.39, 0.29) is 10.5 Å². The summed E-state index contributed by atoms with van der Waals surface area (Å²) in [5.74, 6) is -0.833. The lowest BCUT2D eigenvalue weighted by Crippen LogP contribution is -1.98. The first-order valence-corrected chi connectivity index (χ1v) is 5.46. The van der Waals surface area contributed by atoms with E-state index >= 15 is 0 Å². The second-order valence-corrected chi connectivity index (χ2v) is 4.25. The zero-order valence-electron chi connectivity index (χ0n) is 8.13. The predicted molar refractivity (Wildman–Crippen MR) is 56.3 cm³/mol. The normalized spacial score (nSPS) is 9.88. The number of benzene rings is 1. The van der Waals surface area contributed by atoms with Crippen molar-refractivity contribution in [3.05, 3.63) is 50.7 Å². The van der Waals surface area contributed by atoms with Crippen LogP contribution in [0.1, 0.15) is 10.4 Å². The fraction of sp³-hybridized carbons (Fsp3) is 0. The average molecular weight is 252 g/mol. The second kappa shape index (κ2) is 4.99. The van der Waals surface area contributed by atoms with E-state index in [4.69, 9.17) is 11.1 Å². The maximum absolute atomic E-state index is 11.3. The molecule has 0 N–H and O–H groups in total. The van der Waals surface area contributed by atoms with E-state index < -0.39 is 15.9 Å². The molecule has 86 valence electrons. The van der Waals surface area contributed by atoms with E-state index in [1.54, 1.807) is 0 Å². The van der Waals surface area contributed by atoms with Crippen molar-refractivity contribution < 1.29 is 13.2 Å². The molecule has 0 saturated carbocycles. The first-order chi connectivity index (χ1) is 8.01. The number of azide groups is 2. The molecule has 0 aliphatic carbocycles. The van der Waals surface area contributed by atoms with Gasteiger partial charge < -0.3 is 0 Å². The van der Waals surface area contributed by atoms with Crippen molar-refractivity contribution >= 4 is 15.9 Å². The van der Waals surface area contributed by atoms with Gasteiger partial charge in [-0.1, -0.05) is 0 Å². The molecule has 17 heavy (non-hydrogen) atoms. The molecule has 0 aromatic heterocycles. The number of nitrogens with zero attached hydrogens (tertiary/aromatic N) is 6. The van der Waals surface area contributed by atoms with Crippen LogP contribution in [0.3, 0.4) is 0 Å². The van der Waals surface area contributed by atoms with Crippen LogP contribution in [0.4, 0.5) is 0 Å². The Morgan fingerprint density at radius 1 is 1.12 bits per heavy atom. The van der Waals surface area contributed by atoms with Crippen molar-refractivity contribution in [3.8, 4) is 0 Å². The number of hydrogen-bond acceptors (Lipinski definition) is 3. The number of rotatable bonds is 3. The van der Waals surface area contributed by atoms with E-state index in [1.165, 1.54) is 0 Å². The van der Waals surface area contributed by atoms with Gasteiger partial charge in [0.25, 0.3) is 10.0 Å². The fourth-order valence-electron chi connectivity index (χ4n) is 0.963. The van der Waals surface area contributed by atoms with Crippen molar-refractivity contribution in [1.29, 1.82) is 0 Å². The number of carbonyl (C=O) groups is 1. The molecular formula is C7H4N6O3S. The molecule has 0 spiro atoms. The molecule has 0 bridgehead atoms. The molecule has 0 unspecified atom stereocenters. The van der Waals surface area contributed by atoms with Gasteiger partial charge in [-0.25, -0.2) is 8.42 Å². The monoisotopic (exact) mass is 252 g/mol. The van der Waals surface area contributed by atoms with E-state index in [9.17, 15) is 13.2 Å². The van der Waals surface area contributed by atoms with Crippen molar-refractivity contribution in [1.82, 2.24) is 0 Å². The summed E-state index contributed by atoms with van der Waals surface area (Å²) >= 11 is 0. The van der Waals surface area contributed by atoms with Crippen LogP contribution in [0.15, 0.2) is 38.8 Å². The Morgan fingerprint density at radius 3 is 2.18 bits per heavy atom. The Balaban J connectivity index is 3.17. The van der Waals surface area contributed by atoms with Crippen LogP contribution in [-0.2, 0) is 10.0 Å². The summed E-state index contributed by atoms with van der Waals surface area (Å²) < 4.78 is 25.1. The molecule has 0 atom stereocenters. The number of amides is 1. The minimum atomic E-state index is -4.07. The maximum Gasteiger partial charge on any atom is 0.264 e. The Morgan fingerprint density at radius 2 is 1.71 bits per heavy atom. The first-order valence-electron chi connectivity index (χ1n) is 4.02. The minimum Gasteiger partial charge on any atom is -0.287 e. The van der Waals surface area contributed by atoms with Gasteiger partial charge >= 0.3 is 0 Å². The second-order valence-electron chi connectivity index (χ2n) is 2.67. The molecule has 0 radical (unpaired) electrons. The van der Waals surface area contributed by atoms with E-state index in [0.717, 1.165) is 24.3 Å². The summed E-state index contributed by atoms with van der Waals surface area (Å²) in [7, 11) is -4.07. The van der Waals surface area contributed by atoms with Gasteiger partial charge in [-0.15, -0.1) is 0 Å². The van der Waals surface area contributed by atoms with Gasteiger partial charge in [0.05, 0.1) is 4.90 Å². The molecule has 1 amide bonds. The third kappa shape index (κ3) is 2.95. The number of sulfonamides is 1. The highest BCUT2D eigenvalue weighted by molar-refractivity contribution is 7.90. The van der Waals surface area contributed by atoms with Gasteiger partial charge in [0.2, 0.25) is 5.91 Å². The van der Waals surface area contributed by atoms with E-state index in [1.807, 2.05) is 0 Å². The molecule has 1 aromatic carbocycles. The number of hydrogen-bond donors (Lipinski definition) is 0. The highest BCUT2D eigenvalue weighted by Crippen LogP contribution is 2.14. The molecule has 0 heterocycles. The molecule has 9 nitrogen and oxygen atoms in total. The van der Waals surface area contributed by atoms with Gasteiger partial charge in [-0.3, -0.25) is 4.79 Å². The zero-order valence-corrected chi connectivity index (χ0v) is 8.94. The van der Waals surface area contributed by atoms with Crippen LogP contribution in [0.2, 0.25) is 0 Å². The third-order valence-electron chi connectivity index (χ3n) is 1.68. The largest absolute Gasteiger partial charge is 0.287 e. The third-order valence-corrected chi connectivity index (χ3v) is 2.83. The van der Waals surface area contributed by atoms with Crippen LogP contribution in [0.5, 0.6) is 0 Å². The Kier molecular flexibility index (Phi) is 3.68. The lowest BCUT2D eigenvalue weighted by molar-refractivity contribution is 0.100. The fourth-order valence-corrected chi connectivity index (χ4v) is 1.63. The summed E-state index contributed by atoms with van der Waals surface area (Å²) in [5, 5.41) is 2.83. The quantitative estimate of drug-likeness (QED) is 0.460. The summed E-state index contributed by atoms with van der Waals surface area (Å²) in [4.78, 5) is 15.3. The molecule has 0 fully saturated rings. The Labute approximate surface area is 95.0 Å². The van der Waals surface area contributed by atoms with E-state index in [0.29, 0.717) is 0 Å². The predicted octanol–water partition coefficient (Wildman–Crippen LogP) is 2.14. The van der Waals surface area contributed by atoms with Crippen molar-refractivity contribution in [2.45, 2.75) is 4.90 Å². The maximum atomic E-state index is 11.3. The highest BCUT2D eigenvalue weighted by atomic mass is 32.2. The van der Waals surface area contributed by atoms with E-state index in [2.05, 4.69) is 19.5 Å². The summed E-state index contributed by atoms with van der Waals surface area (Å²) in [6, 6.07) is 4.45. The highest BCUT2D eigenvalue weighted by Gasteiger charge is 2.12. The SMILES string of the molecule is [N-]=[N+]=NC(=O)c1ccc(S(=O)(=O)N=[N+]=[N-])cc1. The van der Waals surface area contributed by atoms with Crippen LogP contribution >= 0.6 is 0 Å². The topological polar surface area (TPSA) is 149 Å². The smallest absolute Gasteiger partial charge is 0.264 e. The molecule has 0 saturated heterocycles. The zero-order chi connectivity index (χ0) is 12.9. The van der Waals surface area contributed by atoms with Gasteiger partial charge in [-0.05, 0) is 40.4 Å². The summed E-state index contributed by atoms with van der Waals surface area (Å²) in [5.41, 5.74) is 16.1. The summed E-state index contributed by atoms with van der Waals surface area (Å²) in [6.07, 6.45) is 0. The minimum absolute atomic E-state index is 0.0303. The Hall–Kier alpha value is -2.54. The Bertz CT molecular complexity index is 637. The first kappa shape index (κ1) is 12.5. The van der Waals surface area contributed by atoms with Gasteiger partial charge in [-0.2, -0.15) is 0 Å².